The lowest BCUT2D eigenvalue weighted by molar-refractivity contribution is 0.0169. The Balaban J connectivity index is 1.75. The second-order valence-corrected chi connectivity index (χ2v) is 6.55. The molecular weight excluding hydrogens is 172 g/mol. The Morgan fingerprint density at radius 3 is 2.21 bits per heavy atom. The molecule has 2 heterocycles. The van der Waals surface area contributed by atoms with Gasteiger partial charge in [0.2, 0.25) is 0 Å². The Kier molecular flexibility index (Phi) is 1.81. The molecule has 1 aliphatic carbocycles. The van der Waals surface area contributed by atoms with E-state index in [1.54, 1.807) is 0 Å². The van der Waals surface area contributed by atoms with Crippen LogP contribution in [-0.2, 0) is 4.74 Å². The number of hydrogen-bond acceptors (Lipinski definition) is 1. The van der Waals surface area contributed by atoms with Gasteiger partial charge in [-0.05, 0) is 55.8 Å². The molecule has 2 unspecified atom stereocenters. The topological polar surface area (TPSA) is 9.23 Å². The molecule has 2 saturated heterocycles. The van der Waals surface area contributed by atoms with E-state index in [1.807, 2.05) is 0 Å². The van der Waals surface area contributed by atoms with Crippen molar-refractivity contribution >= 4 is 0 Å². The van der Waals surface area contributed by atoms with Gasteiger partial charge in [0.05, 0.1) is 12.2 Å². The number of hydrogen-bond donors (Lipinski definition) is 0. The lowest BCUT2D eigenvalue weighted by Crippen LogP contribution is -2.38. The Bertz CT molecular complexity index is 234. The zero-order valence-electron chi connectivity index (χ0n) is 9.51. The minimum atomic E-state index is 0.604. The van der Waals surface area contributed by atoms with Gasteiger partial charge in [0.15, 0.2) is 0 Å². The Morgan fingerprint density at radius 1 is 1.00 bits per heavy atom. The maximum atomic E-state index is 6.03. The van der Waals surface area contributed by atoms with E-state index in [1.165, 1.54) is 44.9 Å². The van der Waals surface area contributed by atoms with Crippen LogP contribution < -0.4 is 0 Å². The van der Waals surface area contributed by atoms with E-state index in [9.17, 15) is 0 Å². The van der Waals surface area contributed by atoms with Gasteiger partial charge < -0.3 is 4.74 Å². The molecule has 2 aliphatic heterocycles. The summed E-state index contributed by atoms with van der Waals surface area (Å²) in [4.78, 5) is 0. The summed E-state index contributed by atoms with van der Waals surface area (Å²) in [5.74, 6) is 0. The summed E-state index contributed by atoms with van der Waals surface area (Å²) in [7, 11) is 0. The van der Waals surface area contributed by atoms with Gasteiger partial charge in [-0.2, -0.15) is 0 Å². The Hall–Kier alpha value is -0.0400. The van der Waals surface area contributed by atoms with Crippen LogP contribution in [0.3, 0.4) is 0 Å². The summed E-state index contributed by atoms with van der Waals surface area (Å²) >= 11 is 0. The van der Waals surface area contributed by atoms with E-state index < -0.39 is 0 Å². The summed E-state index contributed by atoms with van der Waals surface area (Å²) in [6.07, 6.45) is 11.1. The average Bonchev–Trinajstić information content (AvgIpc) is 2.71. The van der Waals surface area contributed by atoms with Crippen LogP contribution in [0.15, 0.2) is 0 Å². The van der Waals surface area contributed by atoms with E-state index in [0.29, 0.717) is 23.0 Å². The Morgan fingerprint density at radius 2 is 1.71 bits per heavy atom. The van der Waals surface area contributed by atoms with Crippen LogP contribution in [0.5, 0.6) is 0 Å². The molecule has 3 fully saturated rings. The highest BCUT2D eigenvalue weighted by molar-refractivity contribution is 5.03. The van der Waals surface area contributed by atoms with Crippen LogP contribution in [0.2, 0.25) is 0 Å². The fourth-order valence-corrected chi connectivity index (χ4v) is 3.84. The first-order chi connectivity index (χ1) is 6.60. The van der Waals surface area contributed by atoms with Crippen molar-refractivity contribution in [2.45, 2.75) is 71.0 Å². The summed E-state index contributed by atoms with van der Waals surface area (Å²) in [6.45, 7) is 4.85. The van der Waals surface area contributed by atoms with Crippen LogP contribution in [-0.4, -0.2) is 12.2 Å². The van der Waals surface area contributed by atoms with Crippen molar-refractivity contribution in [3.05, 3.63) is 0 Å². The lowest BCUT2D eigenvalue weighted by atomic mass is 9.60. The number of rotatable bonds is 0. The predicted octanol–water partition coefficient (Wildman–Crippen LogP) is 3.52. The molecule has 1 saturated carbocycles. The van der Waals surface area contributed by atoms with Crippen molar-refractivity contribution in [2.75, 3.05) is 0 Å². The van der Waals surface area contributed by atoms with Gasteiger partial charge in [0.1, 0.15) is 0 Å². The molecule has 2 atom stereocenters. The normalized spacial score (nSPS) is 43.3. The maximum Gasteiger partial charge on any atom is 0.0637 e. The molecule has 14 heavy (non-hydrogen) atoms. The van der Waals surface area contributed by atoms with Crippen molar-refractivity contribution < 1.29 is 4.74 Å². The van der Waals surface area contributed by atoms with Gasteiger partial charge in [-0.25, -0.2) is 0 Å². The van der Waals surface area contributed by atoms with Crippen LogP contribution in [0.1, 0.15) is 58.8 Å². The fraction of sp³-hybridized carbons (Fsp3) is 1.00. The molecule has 3 rings (SSSR count). The van der Waals surface area contributed by atoms with Crippen molar-refractivity contribution in [1.29, 1.82) is 0 Å². The summed E-state index contributed by atoms with van der Waals surface area (Å²) in [5.41, 5.74) is 1.23. The number of ether oxygens (including phenoxy) is 1. The van der Waals surface area contributed by atoms with Crippen LogP contribution in [0.25, 0.3) is 0 Å². The van der Waals surface area contributed by atoms with E-state index in [-0.39, 0.29) is 0 Å². The monoisotopic (exact) mass is 194 g/mol. The summed E-state index contributed by atoms with van der Waals surface area (Å²) in [6, 6.07) is 0. The molecule has 2 bridgehead atoms. The minimum absolute atomic E-state index is 0.604. The third kappa shape index (κ3) is 1.25. The van der Waals surface area contributed by atoms with Gasteiger partial charge in [0, 0.05) is 0 Å². The standard InChI is InChI=1S/C13H22O/c1-12(2)5-7-13(8-6-12)9-10-3-4-11(13)14-10/h10-11H,3-9H2,1-2H3. The summed E-state index contributed by atoms with van der Waals surface area (Å²) in [5, 5.41) is 0. The molecule has 0 radical (unpaired) electrons. The maximum absolute atomic E-state index is 6.03. The van der Waals surface area contributed by atoms with Gasteiger partial charge in [-0.15, -0.1) is 0 Å². The fourth-order valence-electron chi connectivity index (χ4n) is 3.84. The zero-order chi connectivity index (χ0) is 9.81. The second-order valence-electron chi connectivity index (χ2n) is 6.55. The molecule has 1 nitrogen and oxygen atoms in total. The molecule has 3 aliphatic rings. The third-order valence-corrected chi connectivity index (χ3v) is 5.02. The highest BCUT2D eigenvalue weighted by atomic mass is 16.5. The van der Waals surface area contributed by atoms with Crippen molar-refractivity contribution in [1.82, 2.24) is 0 Å². The second kappa shape index (κ2) is 2.75. The van der Waals surface area contributed by atoms with E-state index in [0.717, 1.165) is 0 Å². The van der Waals surface area contributed by atoms with Gasteiger partial charge in [0.25, 0.3) is 0 Å². The zero-order valence-corrected chi connectivity index (χ0v) is 9.51. The largest absolute Gasteiger partial charge is 0.374 e. The third-order valence-electron chi connectivity index (χ3n) is 5.02. The van der Waals surface area contributed by atoms with Crippen molar-refractivity contribution in [3.63, 3.8) is 0 Å². The molecule has 0 aromatic rings. The molecule has 80 valence electrons. The van der Waals surface area contributed by atoms with E-state index in [2.05, 4.69) is 13.8 Å². The van der Waals surface area contributed by atoms with Gasteiger partial charge in [-0.3, -0.25) is 0 Å². The predicted molar refractivity (Wildman–Crippen MR) is 57.2 cm³/mol. The highest BCUT2D eigenvalue weighted by Crippen LogP contribution is 2.57. The molecule has 0 aromatic carbocycles. The quantitative estimate of drug-likeness (QED) is 0.573. The van der Waals surface area contributed by atoms with Crippen LogP contribution in [0.4, 0.5) is 0 Å². The molecule has 0 N–H and O–H groups in total. The molecule has 0 amide bonds. The Labute approximate surface area is 87.2 Å². The lowest BCUT2D eigenvalue weighted by Gasteiger charge is -2.44. The average molecular weight is 194 g/mol. The van der Waals surface area contributed by atoms with Crippen LogP contribution >= 0.6 is 0 Å². The molecular formula is C13H22O. The summed E-state index contributed by atoms with van der Waals surface area (Å²) < 4.78 is 6.03. The minimum Gasteiger partial charge on any atom is -0.374 e. The van der Waals surface area contributed by atoms with Gasteiger partial charge >= 0.3 is 0 Å². The highest BCUT2D eigenvalue weighted by Gasteiger charge is 2.53. The smallest absolute Gasteiger partial charge is 0.0637 e. The van der Waals surface area contributed by atoms with Crippen molar-refractivity contribution in [3.8, 4) is 0 Å². The van der Waals surface area contributed by atoms with E-state index in [4.69, 9.17) is 4.74 Å². The molecule has 0 aromatic heterocycles. The molecule has 1 heteroatoms. The van der Waals surface area contributed by atoms with Gasteiger partial charge in [-0.1, -0.05) is 13.8 Å². The first kappa shape index (κ1) is 9.21. The first-order valence-electron chi connectivity index (χ1n) is 6.25. The van der Waals surface area contributed by atoms with Crippen LogP contribution in [0, 0.1) is 10.8 Å². The van der Waals surface area contributed by atoms with E-state index >= 15 is 0 Å². The van der Waals surface area contributed by atoms with Crippen molar-refractivity contribution in [2.24, 2.45) is 10.8 Å². The first-order valence-corrected chi connectivity index (χ1v) is 6.25. The SMILES string of the molecule is CC1(C)CCC2(CC1)CC1CCC2O1. The molecule has 1 spiro atoms. The number of fused-ring (bicyclic) bond motifs is 3.